The lowest BCUT2D eigenvalue weighted by Gasteiger charge is -2.26. The van der Waals surface area contributed by atoms with Crippen LogP contribution in [0.2, 0.25) is 0 Å². The van der Waals surface area contributed by atoms with Crippen LogP contribution >= 0.6 is 11.6 Å². The molecule has 1 fully saturated rings. The Balaban J connectivity index is 1.73. The van der Waals surface area contributed by atoms with E-state index in [-0.39, 0.29) is 5.38 Å². The summed E-state index contributed by atoms with van der Waals surface area (Å²) < 4.78 is 5.40. The van der Waals surface area contributed by atoms with Crippen LogP contribution in [-0.2, 0) is 11.2 Å². The number of alkyl halides is 1. The zero-order chi connectivity index (χ0) is 13.1. The Morgan fingerprint density at radius 3 is 2.58 bits per heavy atom. The van der Waals surface area contributed by atoms with Crippen molar-refractivity contribution in [1.82, 2.24) is 0 Å². The minimum absolute atomic E-state index is 0.227. The van der Waals surface area contributed by atoms with Crippen LogP contribution in [0.15, 0.2) is 42.5 Å². The fraction of sp³-hybridized carbons (Fsp3) is 0.412. The van der Waals surface area contributed by atoms with Crippen molar-refractivity contribution in [3.63, 3.8) is 0 Å². The van der Waals surface area contributed by atoms with E-state index < -0.39 is 0 Å². The van der Waals surface area contributed by atoms with Gasteiger partial charge < -0.3 is 4.74 Å². The molecule has 0 N–H and O–H groups in total. The lowest BCUT2D eigenvalue weighted by molar-refractivity contribution is 0.0651. The molecule has 2 aromatic carbocycles. The van der Waals surface area contributed by atoms with Crippen LogP contribution in [0.3, 0.4) is 0 Å². The van der Waals surface area contributed by atoms with Crippen molar-refractivity contribution in [2.75, 3.05) is 13.2 Å². The maximum atomic E-state index is 6.59. The summed E-state index contributed by atoms with van der Waals surface area (Å²) in [7, 11) is 0. The summed E-state index contributed by atoms with van der Waals surface area (Å²) in [6.07, 6.45) is 3.15. The molecule has 0 saturated carbocycles. The number of fused-ring (bicyclic) bond motifs is 1. The second-order valence-electron chi connectivity index (χ2n) is 5.35. The number of hydrogen-bond acceptors (Lipinski definition) is 1. The molecule has 1 atom stereocenters. The largest absolute Gasteiger partial charge is 0.381 e. The first-order chi connectivity index (χ1) is 9.33. The predicted molar refractivity (Wildman–Crippen MR) is 80.8 cm³/mol. The summed E-state index contributed by atoms with van der Waals surface area (Å²) >= 11 is 6.59. The van der Waals surface area contributed by atoms with Gasteiger partial charge in [-0.25, -0.2) is 0 Å². The first-order valence-corrected chi connectivity index (χ1v) is 7.46. The van der Waals surface area contributed by atoms with Crippen LogP contribution in [-0.4, -0.2) is 18.6 Å². The Morgan fingerprint density at radius 2 is 1.79 bits per heavy atom. The smallest absolute Gasteiger partial charge is 0.0469 e. The molecule has 1 aliphatic rings. The van der Waals surface area contributed by atoms with Crippen molar-refractivity contribution in [3.8, 4) is 0 Å². The van der Waals surface area contributed by atoms with Gasteiger partial charge in [-0.05, 0) is 41.5 Å². The average molecular weight is 275 g/mol. The van der Waals surface area contributed by atoms with E-state index in [4.69, 9.17) is 16.3 Å². The van der Waals surface area contributed by atoms with Crippen molar-refractivity contribution in [2.24, 2.45) is 5.92 Å². The van der Waals surface area contributed by atoms with Crippen LogP contribution in [0.4, 0.5) is 0 Å². The van der Waals surface area contributed by atoms with Crippen molar-refractivity contribution in [1.29, 1.82) is 0 Å². The molecule has 1 saturated heterocycles. The fourth-order valence-corrected chi connectivity index (χ4v) is 3.27. The Labute approximate surface area is 119 Å². The molecular weight excluding hydrogens is 256 g/mol. The van der Waals surface area contributed by atoms with E-state index in [9.17, 15) is 0 Å². The molecule has 2 heteroatoms. The van der Waals surface area contributed by atoms with Gasteiger partial charge in [0.2, 0.25) is 0 Å². The fourth-order valence-electron chi connectivity index (χ4n) is 2.84. The van der Waals surface area contributed by atoms with Crippen molar-refractivity contribution in [2.45, 2.75) is 24.6 Å². The molecule has 0 radical (unpaired) electrons. The summed E-state index contributed by atoms with van der Waals surface area (Å²) in [5, 5.41) is 2.82. The molecule has 2 aromatic rings. The predicted octanol–water partition coefficient (Wildman–Crippen LogP) is 4.42. The number of hydrogen-bond donors (Lipinski definition) is 0. The second-order valence-corrected chi connectivity index (χ2v) is 5.91. The SMILES string of the molecule is ClC(Cc1ccc2ccccc2c1)C1CCOCC1. The van der Waals surface area contributed by atoms with Crippen LogP contribution in [0, 0.1) is 5.92 Å². The van der Waals surface area contributed by atoms with E-state index >= 15 is 0 Å². The highest BCUT2D eigenvalue weighted by molar-refractivity contribution is 6.20. The van der Waals surface area contributed by atoms with Gasteiger partial charge in [0.1, 0.15) is 0 Å². The third kappa shape index (κ3) is 3.10. The van der Waals surface area contributed by atoms with Gasteiger partial charge in [0.25, 0.3) is 0 Å². The summed E-state index contributed by atoms with van der Waals surface area (Å²) in [6, 6.07) is 15.1. The molecular formula is C17H19ClO. The molecule has 0 bridgehead atoms. The van der Waals surface area contributed by atoms with Crippen LogP contribution in [0.5, 0.6) is 0 Å². The van der Waals surface area contributed by atoms with E-state index in [1.807, 2.05) is 0 Å². The molecule has 0 aromatic heterocycles. The first kappa shape index (κ1) is 13.0. The molecule has 0 aliphatic carbocycles. The first-order valence-electron chi connectivity index (χ1n) is 7.02. The topological polar surface area (TPSA) is 9.23 Å². The summed E-state index contributed by atoms with van der Waals surface area (Å²) in [6.45, 7) is 1.73. The molecule has 100 valence electrons. The lowest BCUT2D eigenvalue weighted by atomic mass is 9.91. The summed E-state index contributed by atoms with van der Waals surface area (Å²) in [5.74, 6) is 0.599. The second kappa shape index (κ2) is 5.94. The minimum atomic E-state index is 0.227. The van der Waals surface area contributed by atoms with Gasteiger partial charge in [-0.15, -0.1) is 11.6 Å². The Morgan fingerprint density at radius 1 is 1.05 bits per heavy atom. The zero-order valence-corrected chi connectivity index (χ0v) is 11.8. The van der Waals surface area contributed by atoms with Crippen molar-refractivity contribution in [3.05, 3.63) is 48.0 Å². The van der Waals surface area contributed by atoms with Crippen LogP contribution in [0.1, 0.15) is 18.4 Å². The molecule has 1 unspecified atom stereocenters. The Kier molecular flexibility index (Phi) is 4.05. The highest BCUT2D eigenvalue weighted by Crippen LogP contribution is 2.26. The molecule has 1 heterocycles. The highest BCUT2D eigenvalue weighted by atomic mass is 35.5. The molecule has 19 heavy (non-hydrogen) atoms. The van der Waals surface area contributed by atoms with Gasteiger partial charge in [-0.2, -0.15) is 0 Å². The van der Waals surface area contributed by atoms with Gasteiger partial charge in [0.05, 0.1) is 0 Å². The average Bonchev–Trinajstić information content (AvgIpc) is 2.48. The Bertz CT molecular complexity index is 546. The zero-order valence-electron chi connectivity index (χ0n) is 11.0. The number of rotatable bonds is 3. The number of ether oxygens (including phenoxy) is 1. The van der Waals surface area contributed by atoms with Gasteiger partial charge in [0, 0.05) is 18.6 Å². The van der Waals surface area contributed by atoms with Gasteiger partial charge in [-0.1, -0.05) is 42.5 Å². The normalized spacial score (nSPS) is 18.6. The van der Waals surface area contributed by atoms with E-state index in [1.165, 1.54) is 16.3 Å². The standard InChI is InChI=1S/C17H19ClO/c18-17(15-7-9-19-10-8-15)12-13-5-6-14-3-1-2-4-16(14)11-13/h1-6,11,15,17H,7-10,12H2. The lowest BCUT2D eigenvalue weighted by Crippen LogP contribution is -2.25. The van der Waals surface area contributed by atoms with E-state index in [1.54, 1.807) is 0 Å². The quantitative estimate of drug-likeness (QED) is 0.753. The number of halogens is 1. The van der Waals surface area contributed by atoms with Crippen LogP contribution < -0.4 is 0 Å². The third-order valence-electron chi connectivity index (χ3n) is 4.02. The van der Waals surface area contributed by atoms with Gasteiger partial charge in [0.15, 0.2) is 0 Å². The van der Waals surface area contributed by atoms with Crippen LogP contribution in [0.25, 0.3) is 10.8 Å². The van der Waals surface area contributed by atoms with E-state index in [0.29, 0.717) is 5.92 Å². The molecule has 1 aliphatic heterocycles. The monoisotopic (exact) mass is 274 g/mol. The molecule has 1 nitrogen and oxygen atoms in total. The molecule has 0 spiro atoms. The van der Waals surface area contributed by atoms with Crippen molar-refractivity contribution >= 4 is 22.4 Å². The third-order valence-corrected chi connectivity index (χ3v) is 4.53. The van der Waals surface area contributed by atoms with Gasteiger partial charge in [-0.3, -0.25) is 0 Å². The minimum Gasteiger partial charge on any atom is -0.381 e. The summed E-state index contributed by atoms with van der Waals surface area (Å²) in [5.41, 5.74) is 1.34. The molecule has 3 rings (SSSR count). The van der Waals surface area contributed by atoms with Crippen molar-refractivity contribution < 1.29 is 4.74 Å². The summed E-state index contributed by atoms with van der Waals surface area (Å²) in [4.78, 5) is 0. The van der Waals surface area contributed by atoms with Gasteiger partial charge >= 0.3 is 0 Å². The van der Waals surface area contributed by atoms with E-state index in [0.717, 1.165) is 32.5 Å². The number of benzene rings is 2. The van der Waals surface area contributed by atoms with E-state index in [2.05, 4.69) is 42.5 Å². The maximum absolute atomic E-state index is 6.59. The highest BCUT2D eigenvalue weighted by Gasteiger charge is 2.22. The Hall–Kier alpha value is -1.05. The maximum Gasteiger partial charge on any atom is 0.0469 e. The molecule has 0 amide bonds.